The van der Waals surface area contributed by atoms with Crippen LogP contribution < -0.4 is 5.32 Å². The van der Waals surface area contributed by atoms with Crippen molar-refractivity contribution in [3.63, 3.8) is 0 Å². The van der Waals surface area contributed by atoms with E-state index in [1.165, 1.54) is 12.1 Å². The molecular formula is C14H12N4O3. The first kappa shape index (κ1) is 13.0. The van der Waals surface area contributed by atoms with Crippen LogP contribution in [0.4, 0.5) is 11.7 Å². The maximum atomic E-state index is 10.7. The molecule has 0 atom stereocenters. The zero-order valence-electron chi connectivity index (χ0n) is 11.0. The Morgan fingerprint density at radius 3 is 2.81 bits per heavy atom. The van der Waals surface area contributed by atoms with E-state index in [4.69, 9.17) is 4.42 Å². The number of non-ortho nitro benzene ring substituents is 1. The fourth-order valence-corrected chi connectivity index (χ4v) is 1.97. The van der Waals surface area contributed by atoms with E-state index in [-0.39, 0.29) is 5.69 Å². The van der Waals surface area contributed by atoms with Crippen molar-refractivity contribution in [3.05, 3.63) is 58.4 Å². The van der Waals surface area contributed by atoms with Crippen LogP contribution in [0.25, 0.3) is 11.1 Å². The minimum Gasteiger partial charge on any atom is -0.423 e. The number of benzene rings is 1. The first-order valence-corrected chi connectivity index (χ1v) is 6.40. The second kappa shape index (κ2) is 5.58. The summed E-state index contributed by atoms with van der Waals surface area (Å²) < 4.78 is 5.46. The van der Waals surface area contributed by atoms with Crippen molar-refractivity contribution >= 4 is 22.8 Å². The predicted molar refractivity (Wildman–Crippen MR) is 77.1 cm³/mol. The van der Waals surface area contributed by atoms with Crippen LogP contribution in [-0.2, 0) is 6.42 Å². The smallest absolute Gasteiger partial charge is 0.295 e. The first-order valence-electron chi connectivity index (χ1n) is 6.40. The number of fused-ring (bicyclic) bond motifs is 1. The Bertz CT molecular complexity index is 770. The quantitative estimate of drug-likeness (QED) is 0.572. The van der Waals surface area contributed by atoms with E-state index in [9.17, 15) is 10.1 Å². The minimum atomic E-state index is -0.460. The van der Waals surface area contributed by atoms with Crippen molar-refractivity contribution in [1.29, 1.82) is 0 Å². The number of oxazole rings is 1. The lowest BCUT2D eigenvalue weighted by molar-refractivity contribution is -0.384. The van der Waals surface area contributed by atoms with Crippen LogP contribution in [0.1, 0.15) is 5.56 Å². The predicted octanol–water partition coefficient (Wildman–Crippen LogP) is 2.79. The number of nitrogens with one attached hydrogen (secondary N) is 1. The summed E-state index contributed by atoms with van der Waals surface area (Å²) in [6.07, 6.45) is 4.29. The molecule has 1 N–H and O–H groups in total. The number of hydrogen-bond acceptors (Lipinski definition) is 6. The summed E-state index contributed by atoms with van der Waals surface area (Å²) >= 11 is 0. The van der Waals surface area contributed by atoms with Gasteiger partial charge in [0.2, 0.25) is 0 Å². The molecule has 3 aromatic rings. The van der Waals surface area contributed by atoms with Crippen LogP contribution in [0.3, 0.4) is 0 Å². The van der Waals surface area contributed by atoms with Crippen LogP contribution in [0.2, 0.25) is 0 Å². The van der Waals surface area contributed by atoms with Gasteiger partial charge in [0.05, 0.1) is 11.0 Å². The van der Waals surface area contributed by atoms with Crippen LogP contribution in [-0.4, -0.2) is 21.4 Å². The molecule has 106 valence electrons. The molecule has 0 aliphatic heterocycles. The largest absolute Gasteiger partial charge is 0.423 e. The van der Waals surface area contributed by atoms with Crippen molar-refractivity contribution < 1.29 is 9.34 Å². The van der Waals surface area contributed by atoms with Gasteiger partial charge in [-0.3, -0.25) is 15.1 Å². The molecule has 0 spiro atoms. The molecule has 7 heteroatoms. The van der Waals surface area contributed by atoms with Gasteiger partial charge in [0.15, 0.2) is 5.58 Å². The second-order valence-corrected chi connectivity index (χ2v) is 4.46. The summed E-state index contributed by atoms with van der Waals surface area (Å²) in [5, 5.41) is 13.8. The number of hydrogen-bond donors (Lipinski definition) is 1. The van der Waals surface area contributed by atoms with E-state index in [0.29, 0.717) is 23.7 Å². The first-order chi connectivity index (χ1) is 10.2. The van der Waals surface area contributed by atoms with Gasteiger partial charge >= 0.3 is 0 Å². The van der Waals surface area contributed by atoms with E-state index in [1.807, 2.05) is 12.1 Å². The van der Waals surface area contributed by atoms with E-state index in [2.05, 4.69) is 15.3 Å². The lowest BCUT2D eigenvalue weighted by atomic mass is 10.2. The molecule has 0 aliphatic rings. The fraction of sp³-hybridized carbons (Fsp3) is 0.143. The fourth-order valence-electron chi connectivity index (χ4n) is 1.97. The Morgan fingerprint density at radius 2 is 2.05 bits per heavy atom. The molecule has 1 aromatic carbocycles. The number of aromatic nitrogens is 2. The number of pyridine rings is 1. The average molecular weight is 284 g/mol. The standard InChI is InChI=1S/C14H12N4O3/c19-18(20)11-1-2-12-13(9-11)21-14(17-12)16-8-5-10-3-6-15-7-4-10/h1-4,6-7,9H,5,8H2,(H,16,17). The average Bonchev–Trinajstić information content (AvgIpc) is 2.90. The lowest BCUT2D eigenvalue weighted by Gasteiger charge is -2.01. The van der Waals surface area contributed by atoms with E-state index in [1.54, 1.807) is 18.5 Å². The number of nitro benzene ring substituents is 1. The van der Waals surface area contributed by atoms with Gasteiger partial charge in [0.25, 0.3) is 11.7 Å². The monoisotopic (exact) mass is 284 g/mol. The Morgan fingerprint density at radius 1 is 1.24 bits per heavy atom. The van der Waals surface area contributed by atoms with Gasteiger partial charge in [-0.05, 0) is 30.2 Å². The maximum Gasteiger partial charge on any atom is 0.295 e. The molecule has 2 heterocycles. The summed E-state index contributed by atoms with van der Waals surface area (Å²) in [5.74, 6) is 0. The SMILES string of the molecule is O=[N+]([O-])c1ccc2nc(NCCc3ccncc3)oc2c1. The van der Waals surface area contributed by atoms with Gasteiger partial charge in [0.1, 0.15) is 5.52 Å². The van der Waals surface area contributed by atoms with Gasteiger partial charge in [0, 0.05) is 25.0 Å². The Labute approximate surface area is 119 Å². The van der Waals surface area contributed by atoms with Gasteiger partial charge in [-0.1, -0.05) is 0 Å². The third kappa shape index (κ3) is 2.97. The molecular weight excluding hydrogens is 272 g/mol. The van der Waals surface area contributed by atoms with E-state index in [0.717, 1.165) is 12.0 Å². The normalized spacial score (nSPS) is 10.7. The van der Waals surface area contributed by atoms with Crippen molar-refractivity contribution in [3.8, 4) is 0 Å². The van der Waals surface area contributed by atoms with Crippen LogP contribution in [0.5, 0.6) is 0 Å². The zero-order chi connectivity index (χ0) is 14.7. The third-order valence-corrected chi connectivity index (χ3v) is 3.02. The zero-order valence-corrected chi connectivity index (χ0v) is 11.0. The van der Waals surface area contributed by atoms with E-state index < -0.39 is 4.92 Å². The van der Waals surface area contributed by atoms with Gasteiger partial charge in [-0.25, -0.2) is 0 Å². The van der Waals surface area contributed by atoms with Crippen molar-refractivity contribution in [2.45, 2.75) is 6.42 Å². The Hall–Kier alpha value is -2.96. The number of nitrogens with zero attached hydrogens (tertiary/aromatic N) is 3. The third-order valence-electron chi connectivity index (χ3n) is 3.02. The molecule has 21 heavy (non-hydrogen) atoms. The number of anilines is 1. The highest BCUT2D eigenvalue weighted by Crippen LogP contribution is 2.23. The Kier molecular flexibility index (Phi) is 3.46. The summed E-state index contributed by atoms with van der Waals surface area (Å²) in [6, 6.07) is 8.60. The molecule has 2 aromatic heterocycles. The molecule has 0 saturated heterocycles. The summed E-state index contributed by atoms with van der Waals surface area (Å²) in [5.41, 5.74) is 2.13. The van der Waals surface area contributed by atoms with Crippen molar-refractivity contribution in [2.75, 3.05) is 11.9 Å². The van der Waals surface area contributed by atoms with Crippen LogP contribution in [0, 0.1) is 10.1 Å². The van der Waals surface area contributed by atoms with E-state index >= 15 is 0 Å². The molecule has 0 aliphatic carbocycles. The summed E-state index contributed by atoms with van der Waals surface area (Å²) in [6.45, 7) is 0.652. The molecule has 3 rings (SSSR count). The molecule has 0 bridgehead atoms. The molecule has 0 fully saturated rings. The number of nitro groups is 1. The van der Waals surface area contributed by atoms with Gasteiger partial charge in [-0.15, -0.1) is 0 Å². The highest BCUT2D eigenvalue weighted by Gasteiger charge is 2.11. The minimum absolute atomic E-state index is 0.0121. The number of rotatable bonds is 5. The molecule has 0 unspecified atom stereocenters. The molecule has 0 amide bonds. The highest BCUT2D eigenvalue weighted by atomic mass is 16.6. The summed E-state index contributed by atoms with van der Waals surface area (Å²) in [7, 11) is 0. The molecule has 7 nitrogen and oxygen atoms in total. The highest BCUT2D eigenvalue weighted by molar-refractivity contribution is 5.77. The molecule has 0 saturated carbocycles. The van der Waals surface area contributed by atoms with Crippen molar-refractivity contribution in [2.24, 2.45) is 0 Å². The Balaban J connectivity index is 1.68. The van der Waals surface area contributed by atoms with Crippen LogP contribution in [0.15, 0.2) is 47.1 Å². The van der Waals surface area contributed by atoms with Crippen LogP contribution >= 0.6 is 0 Å². The van der Waals surface area contributed by atoms with Gasteiger partial charge in [-0.2, -0.15) is 4.98 Å². The molecule has 0 radical (unpaired) electrons. The topological polar surface area (TPSA) is 94.1 Å². The maximum absolute atomic E-state index is 10.7. The lowest BCUT2D eigenvalue weighted by Crippen LogP contribution is -2.04. The summed E-state index contributed by atoms with van der Waals surface area (Å²) in [4.78, 5) is 18.4. The van der Waals surface area contributed by atoms with Gasteiger partial charge < -0.3 is 9.73 Å². The van der Waals surface area contributed by atoms with Crippen molar-refractivity contribution in [1.82, 2.24) is 9.97 Å². The second-order valence-electron chi connectivity index (χ2n) is 4.46.